The van der Waals surface area contributed by atoms with Crippen LogP contribution in [0.1, 0.15) is 34.1 Å². The minimum absolute atomic E-state index is 0.264. The summed E-state index contributed by atoms with van der Waals surface area (Å²) >= 11 is 0. The van der Waals surface area contributed by atoms with Crippen molar-refractivity contribution in [1.82, 2.24) is 0 Å². The van der Waals surface area contributed by atoms with Crippen LogP contribution < -0.4 is 0 Å². The Morgan fingerprint density at radius 2 is 2.00 bits per heavy atom. The first kappa shape index (κ1) is 10.2. The van der Waals surface area contributed by atoms with E-state index in [1.54, 1.807) is 6.08 Å². The number of esters is 1. The first-order valence-electron chi connectivity index (χ1n) is 3.85. The number of hydrogen-bond donors (Lipinski definition) is 0. The van der Waals surface area contributed by atoms with Gasteiger partial charge in [0.2, 0.25) is 0 Å². The minimum atomic E-state index is -0.380. The number of ether oxygens (including phenoxy) is 1. The van der Waals surface area contributed by atoms with Crippen LogP contribution in [0.5, 0.6) is 0 Å². The normalized spacial score (nSPS) is 12.0. The Kier molecular flexibility index (Phi) is 3.86. The molecule has 11 heavy (non-hydrogen) atoms. The SMILES string of the molecule is CC/C=C\C(=O)OC(C)(C)C. The van der Waals surface area contributed by atoms with Gasteiger partial charge in [-0.3, -0.25) is 0 Å². The van der Waals surface area contributed by atoms with Crippen LogP contribution in [0, 0.1) is 0 Å². The van der Waals surface area contributed by atoms with Gasteiger partial charge < -0.3 is 4.74 Å². The van der Waals surface area contributed by atoms with E-state index in [1.165, 1.54) is 6.08 Å². The average Bonchev–Trinajstić information content (AvgIpc) is 1.79. The number of allylic oxidation sites excluding steroid dienone is 1. The molecule has 0 spiro atoms. The summed E-state index contributed by atoms with van der Waals surface area (Å²) in [5, 5.41) is 0. The quantitative estimate of drug-likeness (QED) is 0.453. The molecular formula is C9H16O2. The van der Waals surface area contributed by atoms with E-state index in [0.717, 1.165) is 6.42 Å². The number of rotatable bonds is 2. The highest BCUT2D eigenvalue weighted by atomic mass is 16.6. The summed E-state index contributed by atoms with van der Waals surface area (Å²) in [6, 6.07) is 0. The van der Waals surface area contributed by atoms with Crippen LogP contribution in [0.25, 0.3) is 0 Å². The molecule has 2 nitrogen and oxygen atoms in total. The molecule has 0 amide bonds. The Hall–Kier alpha value is -0.790. The maximum Gasteiger partial charge on any atom is 0.330 e. The van der Waals surface area contributed by atoms with Crippen LogP contribution >= 0.6 is 0 Å². The molecule has 0 N–H and O–H groups in total. The van der Waals surface area contributed by atoms with Crippen LogP contribution in [0.15, 0.2) is 12.2 Å². The summed E-state index contributed by atoms with van der Waals surface area (Å²) in [6.07, 6.45) is 4.11. The molecule has 0 heterocycles. The standard InChI is InChI=1S/C9H16O2/c1-5-6-7-8(10)11-9(2,3)4/h6-7H,5H2,1-4H3/b7-6-. The zero-order valence-electron chi connectivity index (χ0n) is 7.68. The number of carbonyl (C=O) groups excluding carboxylic acids is 1. The third kappa shape index (κ3) is 7.10. The fraction of sp³-hybridized carbons (Fsp3) is 0.667. The monoisotopic (exact) mass is 156 g/mol. The summed E-state index contributed by atoms with van der Waals surface area (Å²) in [5.41, 5.74) is -0.380. The largest absolute Gasteiger partial charge is 0.457 e. The lowest BCUT2D eigenvalue weighted by Gasteiger charge is -2.17. The summed E-state index contributed by atoms with van der Waals surface area (Å²) in [5.74, 6) is -0.264. The van der Waals surface area contributed by atoms with Gasteiger partial charge in [0, 0.05) is 6.08 Å². The lowest BCUT2D eigenvalue weighted by atomic mass is 10.2. The van der Waals surface area contributed by atoms with Crippen LogP contribution in [-0.2, 0) is 9.53 Å². The summed E-state index contributed by atoms with van der Waals surface area (Å²) < 4.78 is 5.01. The van der Waals surface area contributed by atoms with E-state index in [2.05, 4.69) is 0 Å². The Labute approximate surface area is 68.2 Å². The van der Waals surface area contributed by atoms with Crippen molar-refractivity contribution in [3.63, 3.8) is 0 Å². The second-order valence-corrected chi connectivity index (χ2v) is 3.34. The van der Waals surface area contributed by atoms with Gasteiger partial charge in [0.25, 0.3) is 0 Å². The predicted octanol–water partition coefficient (Wildman–Crippen LogP) is 2.29. The van der Waals surface area contributed by atoms with Crippen molar-refractivity contribution < 1.29 is 9.53 Å². The zero-order valence-corrected chi connectivity index (χ0v) is 7.68. The lowest BCUT2D eigenvalue weighted by molar-refractivity contribution is -0.148. The van der Waals surface area contributed by atoms with Crippen molar-refractivity contribution in [2.24, 2.45) is 0 Å². The number of hydrogen-bond acceptors (Lipinski definition) is 2. The fourth-order valence-electron chi connectivity index (χ4n) is 0.550. The molecule has 0 aromatic rings. The average molecular weight is 156 g/mol. The van der Waals surface area contributed by atoms with Crippen molar-refractivity contribution in [3.8, 4) is 0 Å². The Balaban J connectivity index is 3.80. The maximum absolute atomic E-state index is 10.9. The van der Waals surface area contributed by atoms with Crippen molar-refractivity contribution in [1.29, 1.82) is 0 Å². The molecule has 0 unspecified atom stereocenters. The third-order valence-corrected chi connectivity index (χ3v) is 0.896. The molecule has 2 heteroatoms. The van der Waals surface area contributed by atoms with Crippen molar-refractivity contribution >= 4 is 5.97 Å². The molecule has 0 fully saturated rings. The highest BCUT2D eigenvalue weighted by Gasteiger charge is 2.13. The van der Waals surface area contributed by atoms with E-state index in [4.69, 9.17) is 4.74 Å². The first-order chi connectivity index (χ1) is 4.95. The second-order valence-electron chi connectivity index (χ2n) is 3.34. The molecule has 0 atom stereocenters. The van der Waals surface area contributed by atoms with Gasteiger partial charge in [-0.2, -0.15) is 0 Å². The predicted molar refractivity (Wildman–Crippen MR) is 45.3 cm³/mol. The number of carbonyl (C=O) groups is 1. The molecule has 0 aromatic carbocycles. The van der Waals surface area contributed by atoms with Crippen LogP contribution in [0.3, 0.4) is 0 Å². The molecule has 64 valence electrons. The first-order valence-corrected chi connectivity index (χ1v) is 3.85. The topological polar surface area (TPSA) is 26.3 Å². The zero-order chi connectivity index (χ0) is 8.91. The molecule has 0 rings (SSSR count). The van der Waals surface area contributed by atoms with Gasteiger partial charge in [-0.25, -0.2) is 4.79 Å². The van der Waals surface area contributed by atoms with Crippen molar-refractivity contribution in [3.05, 3.63) is 12.2 Å². The van der Waals surface area contributed by atoms with Gasteiger partial charge in [0.05, 0.1) is 0 Å². The van der Waals surface area contributed by atoms with Crippen LogP contribution in [-0.4, -0.2) is 11.6 Å². The van der Waals surface area contributed by atoms with E-state index in [0.29, 0.717) is 0 Å². The Morgan fingerprint density at radius 3 is 2.36 bits per heavy atom. The Morgan fingerprint density at radius 1 is 1.45 bits per heavy atom. The highest BCUT2D eigenvalue weighted by Crippen LogP contribution is 2.06. The summed E-state index contributed by atoms with van der Waals surface area (Å²) in [7, 11) is 0. The summed E-state index contributed by atoms with van der Waals surface area (Å²) in [6.45, 7) is 7.53. The smallest absolute Gasteiger partial charge is 0.330 e. The van der Waals surface area contributed by atoms with Gasteiger partial charge in [-0.1, -0.05) is 13.0 Å². The molecule has 0 aliphatic heterocycles. The van der Waals surface area contributed by atoms with Gasteiger partial charge in [-0.05, 0) is 27.2 Å². The maximum atomic E-state index is 10.9. The van der Waals surface area contributed by atoms with Crippen LogP contribution in [0.2, 0.25) is 0 Å². The van der Waals surface area contributed by atoms with Crippen LogP contribution in [0.4, 0.5) is 0 Å². The van der Waals surface area contributed by atoms with E-state index in [9.17, 15) is 4.79 Å². The molecule has 0 aliphatic carbocycles. The summed E-state index contributed by atoms with van der Waals surface area (Å²) in [4.78, 5) is 10.9. The third-order valence-electron chi connectivity index (χ3n) is 0.896. The molecule has 0 saturated carbocycles. The Bertz CT molecular complexity index is 151. The van der Waals surface area contributed by atoms with Crippen molar-refractivity contribution in [2.75, 3.05) is 0 Å². The van der Waals surface area contributed by atoms with E-state index in [-0.39, 0.29) is 11.6 Å². The van der Waals surface area contributed by atoms with Gasteiger partial charge >= 0.3 is 5.97 Å². The molecule has 0 aromatic heterocycles. The molecule has 0 aliphatic rings. The van der Waals surface area contributed by atoms with Gasteiger partial charge in [0.15, 0.2) is 0 Å². The van der Waals surface area contributed by atoms with Gasteiger partial charge in [0.1, 0.15) is 5.60 Å². The van der Waals surface area contributed by atoms with E-state index < -0.39 is 0 Å². The fourth-order valence-corrected chi connectivity index (χ4v) is 0.550. The molecule has 0 bridgehead atoms. The molecule has 0 radical (unpaired) electrons. The molecule has 0 saturated heterocycles. The van der Waals surface area contributed by atoms with E-state index >= 15 is 0 Å². The van der Waals surface area contributed by atoms with E-state index in [1.807, 2.05) is 27.7 Å². The highest BCUT2D eigenvalue weighted by molar-refractivity contribution is 5.82. The van der Waals surface area contributed by atoms with Gasteiger partial charge in [-0.15, -0.1) is 0 Å². The lowest BCUT2D eigenvalue weighted by Crippen LogP contribution is -2.22. The molecular weight excluding hydrogens is 140 g/mol. The second kappa shape index (κ2) is 4.16. The minimum Gasteiger partial charge on any atom is -0.457 e. The van der Waals surface area contributed by atoms with Crippen molar-refractivity contribution in [2.45, 2.75) is 39.7 Å².